The van der Waals surface area contributed by atoms with Crippen molar-refractivity contribution in [2.45, 2.75) is 20.8 Å². The molecular formula is C19H21N3OS2. The van der Waals surface area contributed by atoms with Crippen LogP contribution in [-0.4, -0.2) is 17.8 Å². The monoisotopic (exact) mass is 371 g/mol. The second-order valence-electron chi connectivity index (χ2n) is 6.05. The van der Waals surface area contributed by atoms with Crippen LogP contribution in [-0.2, 0) is 0 Å². The second-order valence-corrected chi connectivity index (χ2v) is 8.20. The lowest BCUT2D eigenvalue weighted by Gasteiger charge is -2.08. The summed E-state index contributed by atoms with van der Waals surface area (Å²) in [4.78, 5) is 6.99. The largest absolute Gasteiger partial charge is 0.493 e. The van der Waals surface area contributed by atoms with Crippen LogP contribution in [0.2, 0.25) is 0 Å². The zero-order chi connectivity index (χ0) is 17.6. The van der Waals surface area contributed by atoms with Crippen LogP contribution in [0.15, 0.2) is 46.9 Å². The number of thiazole rings is 1. The molecule has 0 radical (unpaired) electrons. The first-order valence-electron chi connectivity index (χ1n) is 8.15. The predicted molar refractivity (Wildman–Crippen MR) is 108 cm³/mol. The highest BCUT2D eigenvalue weighted by Gasteiger charge is 2.09. The van der Waals surface area contributed by atoms with Crippen molar-refractivity contribution < 1.29 is 4.74 Å². The lowest BCUT2D eigenvalue weighted by Crippen LogP contribution is -2.04. The van der Waals surface area contributed by atoms with Crippen LogP contribution < -0.4 is 10.2 Å². The van der Waals surface area contributed by atoms with Crippen LogP contribution in [0, 0.1) is 12.8 Å². The van der Waals surface area contributed by atoms with Crippen LogP contribution in [0.1, 0.15) is 24.3 Å². The minimum absolute atomic E-state index is 0.520. The van der Waals surface area contributed by atoms with Gasteiger partial charge >= 0.3 is 0 Å². The van der Waals surface area contributed by atoms with Crippen LogP contribution in [0.4, 0.5) is 5.13 Å². The van der Waals surface area contributed by atoms with E-state index in [1.54, 1.807) is 28.9 Å². The van der Waals surface area contributed by atoms with Gasteiger partial charge in [-0.15, -0.1) is 22.7 Å². The van der Waals surface area contributed by atoms with Crippen molar-refractivity contribution in [3.63, 3.8) is 0 Å². The quantitative estimate of drug-likeness (QED) is 0.430. The number of aromatic nitrogens is 1. The Morgan fingerprint density at radius 2 is 2.04 bits per heavy atom. The standard InChI is InChI=1S/C19H21N3OS2/c1-13(2)12-23-16-8-6-15(7-9-16)11-20-22-19-21-18(14(3)25-19)17-5-4-10-24-17/h4-11,13H,12H2,1-3H3,(H,21,22)/b20-11-. The molecule has 1 aromatic carbocycles. The Bertz CT molecular complexity index is 821. The number of ether oxygens (including phenoxy) is 1. The van der Waals surface area contributed by atoms with Gasteiger partial charge in [-0.25, -0.2) is 4.98 Å². The molecule has 0 bridgehead atoms. The fourth-order valence-electron chi connectivity index (χ4n) is 2.16. The number of nitrogens with zero attached hydrogens (tertiary/aromatic N) is 2. The topological polar surface area (TPSA) is 46.5 Å². The van der Waals surface area contributed by atoms with Gasteiger partial charge in [-0.05, 0) is 54.1 Å². The van der Waals surface area contributed by atoms with E-state index in [1.165, 1.54) is 9.75 Å². The fourth-order valence-corrected chi connectivity index (χ4v) is 3.77. The Hall–Kier alpha value is -2.18. The summed E-state index contributed by atoms with van der Waals surface area (Å²) in [6, 6.07) is 12.0. The smallest absolute Gasteiger partial charge is 0.204 e. The maximum Gasteiger partial charge on any atom is 0.204 e. The number of hydrogen-bond acceptors (Lipinski definition) is 6. The van der Waals surface area contributed by atoms with Gasteiger partial charge in [0.15, 0.2) is 0 Å². The lowest BCUT2D eigenvalue weighted by molar-refractivity contribution is 0.271. The van der Waals surface area contributed by atoms with Crippen LogP contribution in [0.5, 0.6) is 5.75 Å². The molecule has 0 spiro atoms. The molecule has 0 aliphatic carbocycles. The number of hydrogen-bond donors (Lipinski definition) is 1. The van der Waals surface area contributed by atoms with Gasteiger partial charge < -0.3 is 4.74 Å². The number of nitrogens with one attached hydrogen (secondary N) is 1. The molecule has 0 atom stereocenters. The second kappa shape index (κ2) is 8.27. The van der Waals surface area contributed by atoms with Crippen molar-refractivity contribution in [1.82, 2.24) is 4.98 Å². The van der Waals surface area contributed by atoms with E-state index in [0.29, 0.717) is 5.92 Å². The molecule has 0 aliphatic heterocycles. The van der Waals surface area contributed by atoms with Crippen molar-refractivity contribution in [2.24, 2.45) is 11.0 Å². The van der Waals surface area contributed by atoms with Gasteiger partial charge in [-0.3, -0.25) is 5.43 Å². The summed E-state index contributed by atoms with van der Waals surface area (Å²) >= 11 is 3.31. The fraction of sp³-hybridized carbons (Fsp3) is 0.263. The van der Waals surface area contributed by atoms with Crippen molar-refractivity contribution in [1.29, 1.82) is 0 Å². The van der Waals surface area contributed by atoms with Gasteiger partial charge in [0, 0.05) is 4.88 Å². The minimum Gasteiger partial charge on any atom is -0.493 e. The molecule has 2 heterocycles. The van der Waals surface area contributed by atoms with E-state index in [2.05, 4.69) is 47.7 Å². The molecule has 130 valence electrons. The average Bonchev–Trinajstić information content (AvgIpc) is 3.23. The number of anilines is 1. The maximum atomic E-state index is 5.68. The summed E-state index contributed by atoms with van der Waals surface area (Å²) < 4.78 is 5.68. The van der Waals surface area contributed by atoms with E-state index in [-0.39, 0.29) is 0 Å². The van der Waals surface area contributed by atoms with Gasteiger partial charge in [0.2, 0.25) is 5.13 Å². The molecule has 0 aliphatic rings. The zero-order valence-corrected chi connectivity index (χ0v) is 16.2. The first kappa shape index (κ1) is 17.6. The number of benzene rings is 1. The lowest BCUT2D eigenvalue weighted by atomic mass is 10.2. The minimum atomic E-state index is 0.520. The number of thiophene rings is 1. The molecule has 25 heavy (non-hydrogen) atoms. The highest BCUT2D eigenvalue weighted by atomic mass is 32.1. The molecular weight excluding hydrogens is 350 g/mol. The van der Waals surface area contributed by atoms with Crippen molar-refractivity contribution in [3.8, 4) is 16.3 Å². The van der Waals surface area contributed by atoms with Gasteiger partial charge in [-0.1, -0.05) is 19.9 Å². The van der Waals surface area contributed by atoms with Crippen LogP contribution in [0.25, 0.3) is 10.6 Å². The molecule has 4 nitrogen and oxygen atoms in total. The highest BCUT2D eigenvalue weighted by molar-refractivity contribution is 7.17. The van der Waals surface area contributed by atoms with Gasteiger partial charge in [-0.2, -0.15) is 5.10 Å². The van der Waals surface area contributed by atoms with Gasteiger partial charge in [0.25, 0.3) is 0 Å². The first-order chi connectivity index (χ1) is 12.1. The summed E-state index contributed by atoms with van der Waals surface area (Å²) in [6.45, 7) is 7.08. The van der Waals surface area contributed by atoms with Crippen LogP contribution >= 0.6 is 22.7 Å². The number of aryl methyl sites for hydroxylation is 1. The van der Waals surface area contributed by atoms with Crippen molar-refractivity contribution in [2.75, 3.05) is 12.0 Å². The molecule has 0 fully saturated rings. The van der Waals surface area contributed by atoms with Crippen molar-refractivity contribution >= 4 is 34.0 Å². The first-order valence-corrected chi connectivity index (χ1v) is 9.84. The number of hydrazone groups is 1. The highest BCUT2D eigenvalue weighted by Crippen LogP contribution is 2.32. The zero-order valence-electron chi connectivity index (χ0n) is 14.5. The summed E-state index contributed by atoms with van der Waals surface area (Å²) in [7, 11) is 0. The molecule has 3 rings (SSSR count). The molecule has 1 N–H and O–H groups in total. The Morgan fingerprint density at radius 3 is 2.72 bits per heavy atom. The SMILES string of the molecule is Cc1sc(N/N=C\c2ccc(OCC(C)C)cc2)nc1-c1cccs1. The van der Waals surface area contributed by atoms with E-state index in [1.807, 2.05) is 30.3 Å². The third-order valence-corrected chi connectivity index (χ3v) is 5.14. The average molecular weight is 372 g/mol. The molecule has 0 unspecified atom stereocenters. The third-order valence-electron chi connectivity index (χ3n) is 3.39. The summed E-state index contributed by atoms with van der Waals surface area (Å²) in [6.07, 6.45) is 1.79. The molecule has 0 saturated heterocycles. The molecule has 0 saturated carbocycles. The summed E-state index contributed by atoms with van der Waals surface area (Å²) in [5, 5.41) is 7.15. The normalized spacial score (nSPS) is 11.4. The maximum absolute atomic E-state index is 5.68. The third kappa shape index (κ3) is 4.90. The predicted octanol–water partition coefficient (Wildman–Crippen LogP) is 5.66. The molecule has 2 aromatic heterocycles. The Kier molecular flexibility index (Phi) is 5.83. The Balaban J connectivity index is 1.59. The Morgan fingerprint density at radius 1 is 1.24 bits per heavy atom. The summed E-state index contributed by atoms with van der Waals surface area (Å²) in [5.74, 6) is 1.40. The van der Waals surface area contributed by atoms with E-state index in [0.717, 1.165) is 28.7 Å². The van der Waals surface area contributed by atoms with E-state index >= 15 is 0 Å². The number of rotatable bonds is 7. The molecule has 6 heteroatoms. The molecule has 0 amide bonds. The van der Waals surface area contributed by atoms with Gasteiger partial charge in [0.05, 0.1) is 23.4 Å². The van der Waals surface area contributed by atoms with E-state index < -0.39 is 0 Å². The Labute approximate surface area is 156 Å². The van der Waals surface area contributed by atoms with Crippen molar-refractivity contribution in [3.05, 3.63) is 52.2 Å². The summed E-state index contributed by atoms with van der Waals surface area (Å²) in [5.41, 5.74) is 5.06. The van der Waals surface area contributed by atoms with E-state index in [4.69, 9.17) is 4.74 Å². The molecule has 3 aromatic rings. The van der Waals surface area contributed by atoms with E-state index in [9.17, 15) is 0 Å². The van der Waals surface area contributed by atoms with Crippen LogP contribution in [0.3, 0.4) is 0 Å². The van der Waals surface area contributed by atoms with Gasteiger partial charge in [0.1, 0.15) is 5.75 Å².